The quantitative estimate of drug-likeness (QED) is 0.465. The molecule has 37 heavy (non-hydrogen) atoms. The molecule has 2 aliphatic rings. The number of thiazole rings is 1. The van der Waals surface area contributed by atoms with Gasteiger partial charge in [-0.1, -0.05) is 26.0 Å². The van der Waals surface area contributed by atoms with Gasteiger partial charge in [0.25, 0.3) is 5.91 Å². The Hall–Kier alpha value is -2.69. The first kappa shape index (κ1) is 27.3. The number of aromatic nitrogens is 1. The number of nitrogens with zero attached hydrogens (tertiary/aromatic N) is 2. The predicted molar refractivity (Wildman–Crippen MR) is 137 cm³/mol. The van der Waals surface area contributed by atoms with Gasteiger partial charge in [0, 0.05) is 36.2 Å². The molecule has 2 aromatic rings. The van der Waals surface area contributed by atoms with E-state index in [0.29, 0.717) is 31.5 Å². The summed E-state index contributed by atoms with van der Waals surface area (Å²) in [4.78, 5) is 33.0. The molecule has 0 spiro atoms. The normalized spacial score (nSPS) is 28.7. The molecule has 7 nitrogen and oxygen atoms in total. The monoisotopic (exact) mass is 533 g/mol. The lowest BCUT2D eigenvalue weighted by Crippen LogP contribution is -2.57. The Morgan fingerprint density at radius 3 is 2.62 bits per heavy atom. The summed E-state index contributed by atoms with van der Waals surface area (Å²) in [5, 5.41) is 24.0. The Balaban J connectivity index is 1.74. The third-order valence-electron chi connectivity index (χ3n) is 8.51. The maximum absolute atomic E-state index is 14.2. The largest absolute Gasteiger partial charge is 0.396 e. The molecule has 2 amide bonds. The summed E-state index contributed by atoms with van der Waals surface area (Å²) >= 11 is 1.19. The van der Waals surface area contributed by atoms with Gasteiger partial charge in [-0.3, -0.25) is 14.9 Å². The van der Waals surface area contributed by atoms with Crippen molar-refractivity contribution in [1.82, 2.24) is 9.88 Å². The van der Waals surface area contributed by atoms with Gasteiger partial charge in [-0.2, -0.15) is 0 Å². The van der Waals surface area contributed by atoms with Gasteiger partial charge in [0.1, 0.15) is 17.2 Å². The first-order valence-electron chi connectivity index (χ1n) is 12.3. The molecule has 1 heterocycles. The molecular weight excluding hydrogens is 500 g/mol. The molecule has 1 aromatic carbocycles. The second kappa shape index (κ2) is 10.2. The van der Waals surface area contributed by atoms with Gasteiger partial charge >= 0.3 is 0 Å². The lowest BCUT2D eigenvalue weighted by atomic mass is 9.47. The molecule has 0 aliphatic heterocycles. The van der Waals surface area contributed by atoms with E-state index in [1.165, 1.54) is 17.4 Å². The number of carbonyl (C=O) groups is 2. The van der Waals surface area contributed by atoms with Crippen molar-refractivity contribution in [1.29, 1.82) is 0 Å². The molecule has 200 valence electrons. The number of carbonyl (C=O) groups excluding carboxylic acids is 2. The number of halogens is 2. The van der Waals surface area contributed by atoms with Gasteiger partial charge in [0.2, 0.25) is 5.91 Å². The van der Waals surface area contributed by atoms with Gasteiger partial charge in [-0.25, -0.2) is 13.8 Å². The van der Waals surface area contributed by atoms with Crippen LogP contribution in [-0.2, 0) is 11.2 Å². The molecule has 5 atom stereocenters. The SMILES string of the molecule is C=CCN(C)C(=O)CC1c2nc(NC(=O)c3c(F)cccc3F)sc2CC2C(C)(CO)C(O)CCC12C. The molecule has 0 radical (unpaired) electrons. The molecule has 10 heteroatoms. The fourth-order valence-corrected chi connectivity index (χ4v) is 7.26. The van der Waals surface area contributed by atoms with Crippen LogP contribution < -0.4 is 5.32 Å². The minimum Gasteiger partial charge on any atom is -0.396 e. The van der Waals surface area contributed by atoms with E-state index in [0.717, 1.165) is 17.0 Å². The summed E-state index contributed by atoms with van der Waals surface area (Å²) in [5.74, 6) is -3.48. The van der Waals surface area contributed by atoms with Gasteiger partial charge in [0.15, 0.2) is 5.13 Å². The Bertz CT molecular complexity index is 1200. The zero-order chi connectivity index (χ0) is 27.1. The minimum absolute atomic E-state index is 0.0958. The van der Waals surface area contributed by atoms with Gasteiger partial charge in [-0.15, -0.1) is 17.9 Å². The molecule has 5 unspecified atom stereocenters. The van der Waals surface area contributed by atoms with E-state index < -0.39 is 40.0 Å². The summed E-state index contributed by atoms with van der Waals surface area (Å²) in [6, 6.07) is 3.21. The first-order chi connectivity index (χ1) is 17.5. The predicted octanol–water partition coefficient (Wildman–Crippen LogP) is 4.12. The lowest BCUT2D eigenvalue weighted by Gasteiger charge is -2.58. The molecular formula is C27H33F2N3O4S. The molecule has 1 fully saturated rings. The number of hydrogen-bond donors (Lipinski definition) is 3. The molecule has 1 aromatic heterocycles. The second-order valence-corrected chi connectivity index (χ2v) is 11.8. The highest BCUT2D eigenvalue weighted by Gasteiger charge is 2.59. The van der Waals surface area contributed by atoms with E-state index in [1.807, 2.05) is 6.92 Å². The molecule has 2 aliphatic carbocycles. The highest BCUT2D eigenvalue weighted by Crippen LogP contribution is 2.62. The number of anilines is 1. The van der Waals surface area contributed by atoms with Crippen LogP contribution in [0.15, 0.2) is 30.9 Å². The van der Waals surface area contributed by atoms with E-state index in [1.54, 1.807) is 18.0 Å². The van der Waals surface area contributed by atoms with Crippen molar-refractivity contribution in [2.45, 2.75) is 51.6 Å². The number of likely N-dealkylation sites (N-methyl/N-ethyl adjacent to an activating group) is 1. The average molecular weight is 534 g/mol. The number of aliphatic hydroxyl groups is 2. The van der Waals surface area contributed by atoms with Crippen molar-refractivity contribution in [3.05, 3.63) is 58.6 Å². The van der Waals surface area contributed by atoms with Crippen molar-refractivity contribution in [3.63, 3.8) is 0 Å². The van der Waals surface area contributed by atoms with Crippen LogP contribution >= 0.6 is 11.3 Å². The third kappa shape index (κ3) is 4.70. The zero-order valence-electron chi connectivity index (χ0n) is 21.3. The van der Waals surface area contributed by atoms with E-state index in [4.69, 9.17) is 0 Å². The van der Waals surface area contributed by atoms with Crippen LogP contribution in [-0.4, -0.2) is 58.2 Å². The molecule has 0 bridgehead atoms. The Morgan fingerprint density at radius 1 is 1.32 bits per heavy atom. The fraction of sp³-hybridized carbons (Fsp3) is 0.519. The molecule has 4 rings (SSSR count). The van der Waals surface area contributed by atoms with E-state index in [2.05, 4.69) is 23.8 Å². The highest BCUT2D eigenvalue weighted by molar-refractivity contribution is 7.15. The highest BCUT2D eigenvalue weighted by atomic mass is 32.1. The summed E-state index contributed by atoms with van der Waals surface area (Å²) in [6.45, 7) is 7.83. The number of fused-ring (bicyclic) bond motifs is 2. The number of amides is 2. The summed E-state index contributed by atoms with van der Waals surface area (Å²) in [6.07, 6.45) is 2.71. The zero-order valence-corrected chi connectivity index (χ0v) is 22.1. The lowest BCUT2D eigenvalue weighted by molar-refractivity contribution is -0.146. The second-order valence-electron chi connectivity index (χ2n) is 10.7. The molecule has 0 saturated heterocycles. The van der Waals surface area contributed by atoms with Crippen molar-refractivity contribution >= 4 is 28.3 Å². The van der Waals surface area contributed by atoms with Crippen LogP contribution in [0.3, 0.4) is 0 Å². The van der Waals surface area contributed by atoms with Crippen molar-refractivity contribution < 1.29 is 28.6 Å². The Labute approximate surface area is 219 Å². The molecule has 3 N–H and O–H groups in total. The van der Waals surface area contributed by atoms with E-state index in [-0.39, 0.29) is 35.9 Å². The molecule has 1 saturated carbocycles. The van der Waals surface area contributed by atoms with Gasteiger partial charge in [-0.05, 0) is 42.7 Å². The third-order valence-corrected chi connectivity index (χ3v) is 9.52. The van der Waals surface area contributed by atoms with E-state index in [9.17, 15) is 28.6 Å². The standard InChI is InChI=1S/C27H33F2N3O4S/c1-5-11-32(4)21(35)12-15-23-18(13-19-26(15,2)10-9-20(34)27(19,3)14-33)37-25(30-23)31-24(36)22-16(28)7-6-8-17(22)29/h5-8,15,19-20,33-34H,1,9-14H2,2-4H3,(H,30,31,36). The van der Waals surface area contributed by atoms with Crippen LogP contribution in [0.1, 0.15) is 60.0 Å². The van der Waals surface area contributed by atoms with Crippen molar-refractivity contribution in [3.8, 4) is 0 Å². The smallest absolute Gasteiger partial charge is 0.263 e. The topological polar surface area (TPSA) is 103 Å². The maximum Gasteiger partial charge on any atom is 0.263 e. The Morgan fingerprint density at radius 2 is 2.00 bits per heavy atom. The van der Waals surface area contributed by atoms with Crippen LogP contribution in [0.5, 0.6) is 0 Å². The minimum atomic E-state index is -0.973. The van der Waals surface area contributed by atoms with Gasteiger partial charge in [0.05, 0.1) is 18.4 Å². The van der Waals surface area contributed by atoms with Crippen molar-refractivity contribution in [2.24, 2.45) is 16.7 Å². The maximum atomic E-state index is 14.2. The van der Waals surface area contributed by atoms with Gasteiger partial charge < -0.3 is 15.1 Å². The summed E-state index contributed by atoms with van der Waals surface area (Å²) in [7, 11) is 1.70. The number of benzene rings is 1. The summed E-state index contributed by atoms with van der Waals surface area (Å²) < 4.78 is 28.3. The van der Waals surface area contributed by atoms with Crippen LogP contribution in [0, 0.1) is 28.4 Å². The fourth-order valence-electron chi connectivity index (χ4n) is 6.20. The average Bonchev–Trinajstić information content (AvgIpc) is 3.24. The number of aliphatic hydroxyl groups excluding tert-OH is 2. The van der Waals surface area contributed by atoms with Crippen LogP contribution in [0.25, 0.3) is 0 Å². The van der Waals surface area contributed by atoms with E-state index >= 15 is 0 Å². The first-order valence-corrected chi connectivity index (χ1v) is 13.2. The summed E-state index contributed by atoms with van der Waals surface area (Å²) in [5.41, 5.74) is -1.26. The number of nitrogens with one attached hydrogen (secondary N) is 1. The van der Waals surface area contributed by atoms with Crippen LogP contribution in [0.2, 0.25) is 0 Å². The number of hydrogen-bond acceptors (Lipinski definition) is 6. The van der Waals surface area contributed by atoms with Crippen LogP contribution in [0.4, 0.5) is 13.9 Å². The number of rotatable bonds is 7. The Kier molecular flexibility index (Phi) is 7.56. The van der Waals surface area contributed by atoms with Crippen molar-refractivity contribution in [2.75, 3.05) is 25.5 Å².